The number of halogens is 2. The van der Waals surface area contributed by atoms with Crippen molar-refractivity contribution >= 4 is 21.8 Å². The third-order valence-corrected chi connectivity index (χ3v) is 3.59. The first-order valence-electron chi connectivity index (χ1n) is 6.03. The molecule has 0 heterocycles. The standard InChI is InChI=1S/C14H15BrFNO/c15-12-6-7-13(16)11(8-12)9-17-14(18)10-4-2-1-3-5-10/h1-2,6-8,10H,3-5,9H2,(H,17,18). The number of amides is 1. The fourth-order valence-corrected chi connectivity index (χ4v) is 2.45. The van der Waals surface area contributed by atoms with Gasteiger partial charge in [0.05, 0.1) is 0 Å². The third kappa shape index (κ3) is 3.42. The normalized spacial score (nSPS) is 18.7. The van der Waals surface area contributed by atoms with Gasteiger partial charge in [-0.25, -0.2) is 4.39 Å². The van der Waals surface area contributed by atoms with Gasteiger partial charge in [0.25, 0.3) is 0 Å². The van der Waals surface area contributed by atoms with Crippen molar-refractivity contribution in [2.45, 2.75) is 25.8 Å². The lowest BCUT2D eigenvalue weighted by Gasteiger charge is -2.17. The van der Waals surface area contributed by atoms with Crippen LogP contribution in [0.1, 0.15) is 24.8 Å². The van der Waals surface area contributed by atoms with E-state index in [1.807, 2.05) is 6.08 Å². The molecular formula is C14H15BrFNO. The van der Waals surface area contributed by atoms with Gasteiger partial charge in [0.2, 0.25) is 5.91 Å². The van der Waals surface area contributed by atoms with E-state index in [1.165, 1.54) is 6.07 Å². The van der Waals surface area contributed by atoms with Gasteiger partial charge in [0.1, 0.15) is 5.82 Å². The zero-order chi connectivity index (χ0) is 13.0. The van der Waals surface area contributed by atoms with Crippen molar-refractivity contribution in [1.82, 2.24) is 5.32 Å². The largest absolute Gasteiger partial charge is 0.352 e. The van der Waals surface area contributed by atoms with Crippen molar-refractivity contribution in [2.24, 2.45) is 5.92 Å². The molecule has 1 unspecified atom stereocenters. The Morgan fingerprint density at radius 2 is 2.28 bits per heavy atom. The molecule has 2 nitrogen and oxygen atoms in total. The van der Waals surface area contributed by atoms with E-state index in [-0.39, 0.29) is 24.2 Å². The molecule has 0 bridgehead atoms. The lowest BCUT2D eigenvalue weighted by atomic mass is 9.93. The van der Waals surface area contributed by atoms with Crippen molar-refractivity contribution in [3.8, 4) is 0 Å². The Labute approximate surface area is 114 Å². The summed E-state index contributed by atoms with van der Waals surface area (Å²) in [5.74, 6) is -0.244. The molecule has 0 radical (unpaired) electrons. The molecular weight excluding hydrogens is 297 g/mol. The van der Waals surface area contributed by atoms with Crippen LogP contribution in [0.25, 0.3) is 0 Å². The van der Waals surface area contributed by atoms with Crippen LogP contribution in [-0.4, -0.2) is 5.91 Å². The summed E-state index contributed by atoms with van der Waals surface area (Å²) >= 11 is 3.29. The van der Waals surface area contributed by atoms with E-state index < -0.39 is 0 Å². The van der Waals surface area contributed by atoms with Crippen molar-refractivity contribution < 1.29 is 9.18 Å². The smallest absolute Gasteiger partial charge is 0.223 e. The molecule has 18 heavy (non-hydrogen) atoms. The van der Waals surface area contributed by atoms with Crippen LogP contribution in [0.3, 0.4) is 0 Å². The average molecular weight is 312 g/mol. The Hall–Kier alpha value is -1.16. The SMILES string of the molecule is O=C(NCc1cc(Br)ccc1F)C1CC=CCC1. The van der Waals surface area contributed by atoms with E-state index in [4.69, 9.17) is 0 Å². The van der Waals surface area contributed by atoms with Crippen LogP contribution < -0.4 is 5.32 Å². The number of carbonyl (C=O) groups is 1. The summed E-state index contributed by atoms with van der Waals surface area (Å²) in [6.07, 6.45) is 6.74. The fraction of sp³-hybridized carbons (Fsp3) is 0.357. The maximum absolute atomic E-state index is 13.5. The van der Waals surface area contributed by atoms with Crippen molar-refractivity contribution in [2.75, 3.05) is 0 Å². The van der Waals surface area contributed by atoms with Crippen LogP contribution in [0.4, 0.5) is 4.39 Å². The molecule has 0 saturated carbocycles. The minimum absolute atomic E-state index is 0.0127. The molecule has 0 aliphatic heterocycles. The second-order valence-electron chi connectivity index (χ2n) is 4.43. The van der Waals surface area contributed by atoms with Crippen LogP contribution >= 0.6 is 15.9 Å². The van der Waals surface area contributed by atoms with E-state index in [2.05, 4.69) is 27.3 Å². The number of hydrogen-bond acceptors (Lipinski definition) is 1. The number of carbonyl (C=O) groups excluding carboxylic acids is 1. The zero-order valence-corrected chi connectivity index (χ0v) is 11.5. The average Bonchev–Trinajstić information content (AvgIpc) is 2.40. The van der Waals surface area contributed by atoms with Crippen LogP contribution in [0.2, 0.25) is 0 Å². The number of rotatable bonds is 3. The molecule has 4 heteroatoms. The summed E-state index contributed by atoms with van der Waals surface area (Å²) in [4.78, 5) is 11.9. The molecule has 1 N–H and O–H groups in total. The number of hydrogen-bond donors (Lipinski definition) is 1. The number of nitrogens with one attached hydrogen (secondary N) is 1. The van der Waals surface area contributed by atoms with Gasteiger partial charge in [-0.2, -0.15) is 0 Å². The van der Waals surface area contributed by atoms with E-state index in [0.29, 0.717) is 5.56 Å². The minimum atomic E-state index is -0.290. The predicted octanol–water partition coefficient (Wildman–Crippen LogP) is 3.56. The summed E-state index contributed by atoms with van der Waals surface area (Å²) in [6.45, 7) is 0.240. The highest BCUT2D eigenvalue weighted by atomic mass is 79.9. The highest BCUT2D eigenvalue weighted by molar-refractivity contribution is 9.10. The molecule has 96 valence electrons. The quantitative estimate of drug-likeness (QED) is 0.850. The van der Waals surface area contributed by atoms with Crippen LogP contribution in [0, 0.1) is 11.7 Å². The molecule has 1 aromatic carbocycles. The molecule has 0 spiro atoms. The lowest BCUT2D eigenvalue weighted by molar-refractivity contribution is -0.125. The van der Waals surface area contributed by atoms with Crippen molar-refractivity contribution in [3.05, 3.63) is 46.2 Å². The fourth-order valence-electron chi connectivity index (χ4n) is 2.04. The van der Waals surface area contributed by atoms with Crippen LogP contribution in [0.5, 0.6) is 0 Å². The Morgan fingerprint density at radius 1 is 1.44 bits per heavy atom. The summed E-state index contributed by atoms with van der Waals surface area (Å²) in [5, 5.41) is 2.80. The van der Waals surface area contributed by atoms with Gasteiger partial charge in [-0.1, -0.05) is 28.1 Å². The maximum Gasteiger partial charge on any atom is 0.223 e. The van der Waals surface area contributed by atoms with Crippen LogP contribution in [0.15, 0.2) is 34.8 Å². The molecule has 1 aliphatic rings. The van der Waals surface area contributed by atoms with Gasteiger partial charge in [-0.05, 0) is 37.5 Å². The van der Waals surface area contributed by atoms with E-state index in [9.17, 15) is 9.18 Å². The van der Waals surface area contributed by atoms with Gasteiger partial charge in [0, 0.05) is 22.5 Å². The van der Waals surface area contributed by atoms with E-state index in [0.717, 1.165) is 23.7 Å². The predicted molar refractivity (Wildman–Crippen MR) is 72.4 cm³/mol. The second-order valence-corrected chi connectivity index (χ2v) is 5.35. The first-order chi connectivity index (χ1) is 8.66. The highest BCUT2D eigenvalue weighted by Gasteiger charge is 2.18. The summed E-state index contributed by atoms with van der Waals surface area (Å²) in [5.41, 5.74) is 0.504. The first kappa shape index (κ1) is 13.3. The highest BCUT2D eigenvalue weighted by Crippen LogP contribution is 2.19. The summed E-state index contributed by atoms with van der Waals surface area (Å²) < 4.78 is 14.3. The zero-order valence-electron chi connectivity index (χ0n) is 9.96. The monoisotopic (exact) mass is 311 g/mol. The minimum Gasteiger partial charge on any atom is -0.352 e. The second kappa shape index (κ2) is 6.14. The van der Waals surface area contributed by atoms with Gasteiger partial charge in [0.15, 0.2) is 0 Å². The molecule has 1 amide bonds. The number of allylic oxidation sites excluding steroid dienone is 2. The van der Waals surface area contributed by atoms with E-state index in [1.54, 1.807) is 12.1 Å². The summed E-state index contributed by atoms with van der Waals surface area (Å²) in [6, 6.07) is 4.73. The van der Waals surface area contributed by atoms with E-state index >= 15 is 0 Å². The Bertz CT molecular complexity index is 473. The molecule has 0 aromatic heterocycles. The third-order valence-electron chi connectivity index (χ3n) is 3.10. The molecule has 1 aromatic rings. The molecule has 1 aliphatic carbocycles. The maximum atomic E-state index is 13.5. The topological polar surface area (TPSA) is 29.1 Å². The molecule has 0 saturated heterocycles. The van der Waals surface area contributed by atoms with Gasteiger partial charge < -0.3 is 5.32 Å². The van der Waals surface area contributed by atoms with Crippen LogP contribution in [-0.2, 0) is 11.3 Å². The van der Waals surface area contributed by atoms with Gasteiger partial charge in [-0.3, -0.25) is 4.79 Å². The van der Waals surface area contributed by atoms with Gasteiger partial charge >= 0.3 is 0 Å². The Kier molecular flexibility index (Phi) is 4.53. The Balaban J connectivity index is 1.92. The molecule has 1 atom stereocenters. The first-order valence-corrected chi connectivity index (χ1v) is 6.83. The lowest BCUT2D eigenvalue weighted by Crippen LogP contribution is -2.31. The molecule has 2 rings (SSSR count). The number of benzene rings is 1. The van der Waals surface area contributed by atoms with Crippen molar-refractivity contribution in [1.29, 1.82) is 0 Å². The van der Waals surface area contributed by atoms with Crippen molar-refractivity contribution in [3.63, 3.8) is 0 Å². The Morgan fingerprint density at radius 3 is 3.00 bits per heavy atom. The van der Waals surface area contributed by atoms with Gasteiger partial charge in [-0.15, -0.1) is 0 Å². The molecule has 0 fully saturated rings. The summed E-state index contributed by atoms with van der Waals surface area (Å²) in [7, 11) is 0.